The SMILES string of the molecule is CSc1cccc(NC(=O)[C@H](C)Oc2cccc(C)c2C)c1. The second-order valence-electron chi connectivity index (χ2n) is 5.18. The highest BCUT2D eigenvalue weighted by molar-refractivity contribution is 7.98. The number of carbonyl (C=O) groups is 1. The van der Waals surface area contributed by atoms with Gasteiger partial charge in [-0.2, -0.15) is 0 Å². The van der Waals surface area contributed by atoms with Crippen LogP contribution in [0.1, 0.15) is 18.1 Å². The highest BCUT2D eigenvalue weighted by Crippen LogP contribution is 2.23. The molecule has 1 N–H and O–H groups in total. The molecule has 0 aliphatic rings. The van der Waals surface area contributed by atoms with Crippen molar-refractivity contribution in [2.75, 3.05) is 11.6 Å². The van der Waals surface area contributed by atoms with Crippen molar-refractivity contribution in [1.29, 1.82) is 0 Å². The van der Waals surface area contributed by atoms with Crippen molar-refractivity contribution in [1.82, 2.24) is 0 Å². The minimum absolute atomic E-state index is 0.154. The van der Waals surface area contributed by atoms with Crippen molar-refractivity contribution in [2.45, 2.75) is 31.8 Å². The Bertz CT molecular complexity index is 670. The number of anilines is 1. The lowest BCUT2D eigenvalue weighted by atomic mass is 10.1. The summed E-state index contributed by atoms with van der Waals surface area (Å²) in [6, 6.07) is 13.6. The van der Waals surface area contributed by atoms with E-state index in [0.717, 1.165) is 27.5 Å². The number of benzene rings is 2. The van der Waals surface area contributed by atoms with Gasteiger partial charge >= 0.3 is 0 Å². The van der Waals surface area contributed by atoms with Crippen molar-refractivity contribution in [3.63, 3.8) is 0 Å². The quantitative estimate of drug-likeness (QED) is 0.829. The Balaban J connectivity index is 2.04. The largest absolute Gasteiger partial charge is 0.481 e. The topological polar surface area (TPSA) is 38.3 Å². The van der Waals surface area contributed by atoms with Crippen LogP contribution in [0.3, 0.4) is 0 Å². The zero-order valence-corrected chi connectivity index (χ0v) is 14.2. The first-order valence-corrected chi connectivity index (χ1v) is 8.41. The molecule has 0 fully saturated rings. The Hall–Kier alpha value is -1.94. The average molecular weight is 315 g/mol. The number of nitrogens with one attached hydrogen (secondary N) is 1. The van der Waals surface area contributed by atoms with Crippen LogP contribution in [-0.2, 0) is 4.79 Å². The van der Waals surface area contributed by atoms with Crippen LogP contribution in [0.15, 0.2) is 47.4 Å². The van der Waals surface area contributed by atoms with Crippen LogP contribution in [0, 0.1) is 13.8 Å². The Morgan fingerprint density at radius 1 is 1.18 bits per heavy atom. The van der Waals surface area contributed by atoms with Crippen LogP contribution in [0.25, 0.3) is 0 Å². The molecule has 1 amide bonds. The number of rotatable bonds is 5. The zero-order valence-electron chi connectivity index (χ0n) is 13.3. The van der Waals surface area contributed by atoms with Gasteiger partial charge in [-0.3, -0.25) is 4.79 Å². The van der Waals surface area contributed by atoms with Crippen LogP contribution < -0.4 is 10.1 Å². The number of carbonyl (C=O) groups excluding carboxylic acids is 1. The maximum absolute atomic E-state index is 12.3. The third kappa shape index (κ3) is 4.04. The second kappa shape index (κ2) is 7.36. The Kier molecular flexibility index (Phi) is 5.50. The van der Waals surface area contributed by atoms with E-state index in [1.54, 1.807) is 18.7 Å². The second-order valence-corrected chi connectivity index (χ2v) is 6.06. The highest BCUT2D eigenvalue weighted by Gasteiger charge is 2.16. The van der Waals surface area contributed by atoms with E-state index >= 15 is 0 Å². The van der Waals surface area contributed by atoms with E-state index in [1.807, 2.05) is 62.6 Å². The van der Waals surface area contributed by atoms with Crippen molar-refractivity contribution in [3.8, 4) is 5.75 Å². The first kappa shape index (κ1) is 16.4. The summed E-state index contributed by atoms with van der Waals surface area (Å²) in [4.78, 5) is 13.4. The first-order chi connectivity index (χ1) is 10.5. The molecule has 0 radical (unpaired) electrons. The normalized spacial score (nSPS) is 11.8. The molecule has 0 saturated heterocycles. The van der Waals surface area contributed by atoms with Gasteiger partial charge in [0.1, 0.15) is 5.75 Å². The molecular weight excluding hydrogens is 294 g/mol. The van der Waals surface area contributed by atoms with E-state index < -0.39 is 6.10 Å². The molecular formula is C18H21NO2S. The van der Waals surface area contributed by atoms with Gasteiger partial charge in [0, 0.05) is 10.6 Å². The van der Waals surface area contributed by atoms with Crippen molar-refractivity contribution in [2.24, 2.45) is 0 Å². The summed E-state index contributed by atoms with van der Waals surface area (Å²) in [6.45, 7) is 5.79. The molecule has 1 atom stereocenters. The van der Waals surface area contributed by atoms with Gasteiger partial charge in [0.05, 0.1) is 0 Å². The number of hydrogen-bond acceptors (Lipinski definition) is 3. The summed E-state index contributed by atoms with van der Waals surface area (Å²) < 4.78 is 5.80. The van der Waals surface area contributed by atoms with Crippen LogP contribution in [0.5, 0.6) is 5.75 Å². The van der Waals surface area contributed by atoms with E-state index in [2.05, 4.69) is 5.32 Å². The van der Waals surface area contributed by atoms with Gasteiger partial charge in [-0.15, -0.1) is 11.8 Å². The molecule has 0 bridgehead atoms. The summed E-state index contributed by atoms with van der Waals surface area (Å²) in [5.41, 5.74) is 3.00. The fourth-order valence-electron chi connectivity index (χ4n) is 2.04. The van der Waals surface area contributed by atoms with Crippen LogP contribution >= 0.6 is 11.8 Å². The maximum atomic E-state index is 12.3. The fourth-order valence-corrected chi connectivity index (χ4v) is 2.50. The lowest BCUT2D eigenvalue weighted by Crippen LogP contribution is -2.30. The van der Waals surface area contributed by atoms with Crippen LogP contribution in [0.2, 0.25) is 0 Å². The standard InChI is InChI=1S/C18H21NO2S/c1-12-7-5-10-17(13(12)2)21-14(3)18(20)19-15-8-6-9-16(11-15)22-4/h5-11,14H,1-4H3,(H,19,20)/t14-/m0/s1. The average Bonchev–Trinajstić information content (AvgIpc) is 2.52. The Morgan fingerprint density at radius 2 is 1.91 bits per heavy atom. The number of amides is 1. The molecule has 4 heteroatoms. The molecule has 0 heterocycles. The third-order valence-corrected chi connectivity index (χ3v) is 4.29. The van der Waals surface area contributed by atoms with Gasteiger partial charge in [-0.05, 0) is 62.4 Å². The van der Waals surface area contributed by atoms with Crippen molar-refractivity contribution < 1.29 is 9.53 Å². The molecule has 3 nitrogen and oxygen atoms in total. The minimum Gasteiger partial charge on any atom is -0.481 e. The molecule has 0 aliphatic carbocycles. The van der Waals surface area contributed by atoms with E-state index in [9.17, 15) is 4.79 Å². The smallest absolute Gasteiger partial charge is 0.265 e. The summed E-state index contributed by atoms with van der Waals surface area (Å²) >= 11 is 1.64. The molecule has 22 heavy (non-hydrogen) atoms. The molecule has 116 valence electrons. The van der Waals surface area contributed by atoms with Gasteiger partial charge in [-0.1, -0.05) is 18.2 Å². The highest BCUT2D eigenvalue weighted by atomic mass is 32.2. The van der Waals surface area contributed by atoms with Crippen LogP contribution in [-0.4, -0.2) is 18.3 Å². The van der Waals surface area contributed by atoms with E-state index in [4.69, 9.17) is 4.74 Å². The Morgan fingerprint density at radius 3 is 2.64 bits per heavy atom. The van der Waals surface area contributed by atoms with Crippen molar-refractivity contribution >= 4 is 23.4 Å². The number of hydrogen-bond donors (Lipinski definition) is 1. The molecule has 0 aliphatic heterocycles. The predicted octanol–water partition coefficient (Wildman–Crippen LogP) is 4.43. The minimum atomic E-state index is -0.557. The molecule has 2 rings (SSSR count). The third-order valence-electron chi connectivity index (χ3n) is 3.57. The molecule has 2 aromatic carbocycles. The monoisotopic (exact) mass is 315 g/mol. The van der Waals surface area contributed by atoms with Crippen molar-refractivity contribution in [3.05, 3.63) is 53.6 Å². The van der Waals surface area contributed by atoms with E-state index in [0.29, 0.717) is 0 Å². The predicted molar refractivity (Wildman–Crippen MR) is 92.9 cm³/mol. The molecule has 0 aromatic heterocycles. The summed E-state index contributed by atoms with van der Waals surface area (Å²) in [5, 5.41) is 2.89. The number of aryl methyl sites for hydroxylation is 1. The summed E-state index contributed by atoms with van der Waals surface area (Å²) in [7, 11) is 0. The van der Waals surface area contributed by atoms with E-state index in [-0.39, 0.29) is 5.91 Å². The molecule has 0 spiro atoms. The number of thioether (sulfide) groups is 1. The van der Waals surface area contributed by atoms with Gasteiger partial charge in [0.2, 0.25) is 0 Å². The first-order valence-electron chi connectivity index (χ1n) is 7.19. The Labute approximate surface area is 136 Å². The van der Waals surface area contributed by atoms with Gasteiger partial charge in [0.15, 0.2) is 6.10 Å². The van der Waals surface area contributed by atoms with Gasteiger partial charge in [-0.25, -0.2) is 0 Å². The summed E-state index contributed by atoms with van der Waals surface area (Å²) in [6.07, 6.45) is 1.45. The van der Waals surface area contributed by atoms with Crippen LogP contribution in [0.4, 0.5) is 5.69 Å². The lowest BCUT2D eigenvalue weighted by molar-refractivity contribution is -0.122. The van der Waals surface area contributed by atoms with E-state index in [1.165, 1.54) is 0 Å². The summed E-state index contributed by atoms with van der Waals surface area (Å²) in [5.74, 6) is 0.597. The van der Waals surface area contributed by atoms with Gasteiger partial charge in [0.25, 0.3) is 5.91 Å². The fraction of sp³-hybridized carbons (Fsp3) is 0.278. The number of ether oxygens (including phenoxy) is 1. The maximum Gasteiger partial charge on any atom is 0.265 e. The lowest BCUT2D eigenvalue weighted by Gasteiger charge is -2.17. The zero-order chi connectivity index (χ0) is 16.1. The molecule has 0 unspecified atom stereocenters. The molecule has 0 saturated carbocycles. The molecule has 2 aromatic rings. The van der Waals surface area contributed by atoms with Gasteiger partial charge < -0.3 is 10.1 Å².